The van der Waals surface area contributed by atoms with E-state index in [4.69, 9.17) is 9.47 Å². The highest BCUT2D eigenvalue weighted by Crippen LogP contribution is 2.37. The highest BCUT2D eigenvalue weighted by Gasteiger charge is 2.32. The molecule has 0 unspecified atom stereocenters. The van der Waals surface area contributed by atoms with Gasteiger partial charge >= 0.3 is 0 Å². The normalized spacial score (nSPS) is 14.1. The molecule has 2 aromatic heterocycles. The van der Waals surface area contributed by atoms with Gasteiger partial charge in [-0.3, -0.25) is 9.29 Å². The molecule has 3 atom stereocenters. The minimum Gasteiger partial charge on any atom is -0.494 e. The molecule has 0 fully saturated rings. The number of aryl methyl sites for hydroxylation is 1. The van der Waals surface area contributed by atoms with E-state index in [1.54, 1.807) is 63.2 Å². The second kappa shape index (κ2) is 12.3. The number of hydrogen-bond acceptors (Lipinski definition) is 9. The van der Waals surface area contributed by atoms with Gasteiger partial charge in [0.25, 0.3) is 0 Å². The van der Waals surface area contributed by atoms with Crippen LogP contribution < -0.4 is 19.5 Å². The lowest BCUT2D eigenvalue weighted by Gasteiger charge is -2.22. The monoisotopic (exact) mass is 531 g/mol. The van der Waals surface area contributed by atoms with Crippen LogP contribution in [0.5, 0.6) is 11.5 Å². The first-order valence-electron chi connectivity index (χ1n) is 12.3. The summed E-state index contributed by atoms with van der Waals surface area (Å²) in [5.41, 5.74) is 1.42. The summed E-state index contributed by atoms with van der Waals surface area (Å²) >= 11 is 0. The summed E-state index contributed by atoms with van der Waals surface area (Å²) in [6.07, 6.45) is 5.09. The molecule has 0 aliphatic heterocycles. The van der Waals surface area contributed by atoms with Crippen LogP contribution in [-0.2, 0) is 10.0 Å². The first kappa shape index (κ1) is 28.3. The third kappa shape index (κ3) is 6.37. The number of ether oxygens (including phenoxy) is 2. The Bertz CT molecular complexity index is 1260. The minimum absolute atomic E-state index is 0.0222. The Balaban J connectivity index is 2.06. The SMILES string of the molecule is CNCCC[C@@H](C)c1nnc(NS(=O)(=O)[C@@H](C)[C@H](C)c2ncc(C)cn2)n1-c1c(OC)cccc1OC. The molecule has 0 bridgehead atoms. The highest BCUT2D eigenvalue weighted by molar-refractivity contribution is 7.93. The van der Waals surface area contributed by atoms with Gasteiger partial charge in [0.2, 0.25) is 16.0 Å². The predicted molar refractivity (Wildman–Crippen MR) is 143 cm³/mol. The molecule has 202 valence electrons. The van der Waals surface area contributed by atoms with E-state index in [9.17, 15) is 8.42 Å². The van der Waals surface area contributed by atoms with Crippen molar-refractivity contribution in [2.24, 2.45) is 0 Å². The fraction of sp³-hybridized carbons (Fsp3) is 0.520. The molecule has 12 heteroatoms. The predicted octanol–water partition coefficient (Wildman–Crippen LogP) is 3.42. The van der Waals surface area contributed by atoms with E-state index in [-0.39, 0.29) is 11.9 Å². The largest absolute Gasteiger partial charge is 0.494 e. The van der Waals surface area contributed by atoms with E-state index >= 15 is 0 Å². The summed E-state index contributed by atoms with van der Waals surface area (Å²) in [6, 6.07) is 5.37. The fourth-order valence-corrected chi connectivity index (χ4v) is 5.24. The number of benzene rings is 1. The van der Waals surface area contributed by atoms with Gasteiger partial charge in [0.15, 0.2) is 0 Å². The molecular formula is C25H37N7O4S. The molecule has 0 saturated carbocycles. The number of hydrogen-bond donors (Lipinski definition) is 2. The molecule has 3 aromatic rings. The molecule has 11 nitrogen and oxygen atoms in total. The molecule has 0 amide bonds. The smallest absolute Gasteiger partial charge is 0.243 e. The molecule has 3 rings (SSSR count). The van der Waals surface area contributed by atoms with Gasteiger partial charge in [0, 0.05) is 24.2 Å². The number of rotatable bonds is 13. The number of nitrogens with one attached hydrogen (secondary N) is 2. The number of sulfonamides is 1. The molecule has 0 spiro atoms. The molecule has 0 radical (unpaired) electrons. The summed E-state index contributed by atoms with van der Waals surface area (Å²) in [5, 5.41) is 11.0. The zero-order valence-electron chi connectivity index (χ0n) is 22.5. The van der Waals surface area contributed by atoms with Gasteiger partial charge in [0.05, 0.1) is 19.5 Å². The second-order valence-corrected chi connectivity index (χ2v) is 11.2. The summed E-state index contributed by atoms with van der Waals surface area (Å²) in [5.74, 6) is 1.62. The standard InChI is InChI=1S/C25H37N7O4S/c1-16-14-27-23(28-15-16)18(3)19(4)37(33,34)31-25-30-29-24(17(2)10-9-13-26-5)32(25)22-20(35-6)11-8-12-21(22)36-7/h8,11-12,14-15,17-19,26H,9-10,13H2,1-7H3,(H,30,31)/t17-,18+,19+/m1/s1. The van der Waals surface area contributed by atoms with Crippen LogP contribution in [0.4, 0.5) is 5.95 Å². The molecule has 37 heavy (non-hydrogen) atoms. The zero-order valence-corrected chi connectivity index (χ0v) is 23.3. The number of methoxy groups -OCH3 is 2. The van der Waals surface area contributed by atoms with Crippen molar-refractivity contribution >= 4 is 16.0 Å². The van der Waals surface area contributed by atoms with E-state index in [1.807, 2.05) is 20.9 Å². The van der Waals surface area contributed by atoms with E-state index in [0.717, 1.165) is 24.9 Å². The number of aromatic nitrogens is 5. The Kier molecular flexibility index (Phi) is 9.44. The average Bonchev–Trinajstić information content (AvgIpc) is 3.29. The maximum absolute atomic E-state index is 13.5. The zero-order chi connectivity index (χ0) is 27.2. The summed E-state index contributed by atoms with van der Waals surface area (Å²) < 4.78 is 42.7. The molecule has 0 aliphatic carbocycles. The summed E-state index contributed by atoms with van der Waals surface area (Å²) in [6.45, 7) is 8.19. The minimum atomic E-state index is -3.92. The Morgan fingerprint density at radius 2 is 1.65 bits per heavy atom. The third-order valence-electron chi connectivity index (χ3n) is 6.45. The fourth-order valence-electron chi connectivity index (χ4n) is 4.00. The van der Waals surface area contributed by atoms with Gasteiger partial charge < -0.3 is 14.8 Å². The molecular weight excluding hydrogens is 494 g/mol. The topological polar surface area (TPSA) is 133 Å². The maximum atomic E-state index is 13.5. The van der Waals surface area contributed by atoms with Crippen LogP contribution in [0.2, 0.25) is 0 Å². The van der Waals surface area contributed by atoms with Gasteiger partial charge in [-0.25, -0.2) is 18.4 Å². The van der Waals surface area contributed by atoms with Crippen molar-refractivity contribution in [3.05, 3.63) is 47.8 Å². The lowest BCUT2D eigenvalue weighted by atomic mass is 10.0. The summed E-state index contributed by atoms with van der Waals surface area (Å²) in [4.78, 5) is 8.64. The van der Waals surface area contributed by atoms with Crippen LogP contribution in [0.15, 0.2) is 30.6 Å². The highest BCUT2D eigenvalue weighted by atomic mass is 32.2. The number of para-hydroxylation sites is 1. The van der Waals surface area contributed by atoms with E-state index in [1.165, 1.54) is 0 Å². The van der Waals surface area contributed by atoms with Crippen LogP contribution in [0.1, 0.15) is 62.7 Å². The van der Waals surface area contributed by atoms with Crippen LogP contribution in [-0.4, -0.2) is 66.2 Å². The Morgan fingerprint density at radius 1 is 1.03 bits per heavy atom. The van der Waals surface area contributed by atoms with Gasteiger partial charge in [-0.1, -0.05) is 19.9 Å². The van der Waals surface area contributed by atoms with Crippen molar-refractivity contribution < 1.29 is 17.9 Å². The van der Waals surface area contributed by atoms with Gasteiger partial charge in [-0.05, 0) is 58.0 Å². The molecule has 0 aliphatic rings. The number of nitrogens with zero attached hydrogens (tertiary/aromatic N) is 5. The van der Waals surface area contributed by atoms with Crippen LogP contribution >= 0.6 is 0 Å². The van der Waals surface area contributed by atoms with Crippen LogP contribution in [0.3, 0.4) is 0 Å². The van der Waals surface area contributed by atoms with Crippen molar-refractivity contribution in [2.45, 2.75) is 57.6 Å². The van der Waals surface area contributed by atoms with E-state index < -0.39 is 21.2 Å². The quantitative estimate of drug-likeness (QED) is 0.318. The maximum Gasteiger partial charge on any atom is 0.243 e. The van der Waals surface area contributed by atoms with Crippen LogP contribution in [0.25, 0.3) is 5.69 Å². The first-order chi connectivity index (χ1) is 17.6. The van der Waals surface area contributed by atoms with Crippen molar-refractivity contribution in [3.8, 4) is 17.2 Å². The van der Waals surface area contributed by atoms with E-state index in [0.29, 0.717) is 28.8 Å². The van der Waals surface area contributed by atoms with Crippen molar-refractivity contribution in [1.29, 1.82) is 0 Å². The summed E-state index contributed by atoms with van der Waals surface area (Å²) in [7, 11) is 1.09. The Hall–Kier alpha value is -3.25. The van der Waals surface area contributed by atoms with Gasteiger partial charge in [-0.15, -0.1) is 10.2 Å². The number of anilines is 1. The first-order valence-corrected chi connectivity index (χ1v) is 13.8. The second-order valence-electron chi connectivity index (χ2n) is 9.13. The lowest BCUT2D eigenvalue weighted by Crippen LogP contribution is -2.31. The molecule has 0 saturated heterocycles. The van der Waals surface area contributed by atoms with Gasteiger partial charge in [-0.2, -0.15) is 0 Å². The molecule has 1 aromatic carbocycles. The molecule has 2 N–H and O–H groups in total. The Labute approximate surface area is 219 Å². The Morgan fingerprint density at radius 3 is 2.22 bits per heavy atom. The average molecular weight is 532 g/mol. The third-order valence-corrected chi connectivity index (χ3v) is 8.31. The van der Waals surface area contributed by atoms with E-state index in [2.05, 4.69) is 30.2 Å². The van der Waals surface area contributed by atoms with Crippen molar-refractivity contribution in [1.82, 2.24) is 30.0 Å². The van der Waals surface area contributed by atoms with Crippen molar-refractivity contribution in [2.75, 3.05) is 32.5 Å². The van der Waals surface area contributed by atoms with Crippen molar-refractivity contribution in [3.63, 3.8) is 0 Å². The van der Waals surface area contributed by atoms with Gasteiger partial charge in [0.1, 0.15) is 28.8 Å². The lowest BCUT2D eigenvalue weighted by molar-refractivity contribution is 0.390. The van der Waals surface area contributed by atoms with Crippen LogP contribution in [0, 0.1) is 6.92 Å². The molecule has 2 heterocycles.